The van der Waals surface area contributed by atoms with Crippen molar-refractivity contribution in [1.82, 2.24) is 4.90 Å². The molecule has 5 heteroatoms. The topological polar surface area (TPSA) is 70.4 Å². The second kappa shape index (κ2) is 6.93. The van der Waals surface area contributed by atoms with Gasteiger partial charge in [-0.3, -0.25) is 9.59 Å². The van der Waals surface area contributed by atoms with Crippen LogP contribution in [-0.2, 0) is 14.3 Å². The van der Waals surface area contributed by atoms with E-state index in [1.165, 1.54) is 0 Å². The first kappa shape index (κ1) is 15.8. The van der Waals surface area contributed by atoms with E-state index in [1.54, 1.807) is 11.8 Å². The lowest BCUT2D eigenvalue weighted by atomic mass is 9.80. The van der Waals surface area contributed by atoms with Crippen LogP contribution >= 0.6 is 0 Å². The van der Waals surface area contributed by atoms with E-state index in [1.807, 2.05) is 0 Å². The third kappa shape index (κ3) is 3.75. The van der Waals surface area contributed by atoms with Gasteiger partial charge in [-0.15, -0.1) is 0 Å². The van der Waals surface area contributed by atoms with Crippen LogP contribution in [0, 0.1) is 16.7 Å². The Morgan fingerprint density at radius 3 is 2.33 bits per heavy atom. The number of nitrogens with zero attached hydrogens (tertiary/aromatic N) is 2. The minimum Gasteiger partial charge on any atom is -0.465 e. The monoisotopic (exact) mass is 292 g/mol. The molecule has 0 aromatic carbocycles. The molecular weight excluding hydrogens is 268 g/mol. The van der Waals surface area contributed by atoms with Crippen molar-refractivity contribution in [2.75, 3.05) is 13.2 Å². The zero-order valence-electron chi connectivity index (χ0n) is 12.8. The first-order valence-corrected chi connectivity index (χ1v) is 8.01. The number of hydrogen-bond donors (Lipinski definition) is 0. The van der Waals surface area contributed by atoms with Crippen molar-refractivity contribution < 1.29 is 14.3 Å². The van der Waals surface area contributed by atoms with Crippen molar-refractivity contribution in [2.45, 2.75) is 64.3 Å². The van der Waals surface area contributed by atoms with Crippen LogP contribution in [0.3, 0.4) is 0 Å². The standard InChI is InChI=1S/C16H24N2O3/c1-2-21-14(19)11-18(13-7-8-13)15(20)16(12-17)9-5-3-4-6-10-16/h13H,2-11H2,1H3. The van der Waals surface area contributed by atoms with Crippen LogP contribution in [-0.4, -0.2) is 36.0 Å². The van der Waals surface area contributed by atoms with Crippen LogP contribution in [0.2, 0.25) is 0 Å². The number of nitriles is 1. The minimum atomic E-state index is -0.925. The maximum Gasteiger partial charge on any atom is 0.325 e. The Labute approximate surface area is 126 Å². The molecule has 0 aliphatic heterocycles. The molecule has 0 heterocycles. The highest BCUT2D eigenvalue weighted by molar-refractivity contribution is 5.89. The summed E-state index contributed by atoms with van der Waals surface area (Å²) in [6, 6.07) is 2.40. The summed E-state index contributed by atoms with van der Waals surface area (Å²) < 4.78 is 4.96. The van der Waals surface area contributed by atoms with Crippen molar-refractivity contribution in [3.63, 3.8) is 0 Å². The van der Waals surface area contributed by atoms with Crippen LogP contribution in [0.1, 0.15) is 58.3 Å². The molecule has 0 unspecified atom stereocenters. The lowest BCUT2D eigenvalue weighted by molar-refractivity contribution is -0.152. The number of hydrogen-bond acceptors (Lipinski definition) is 4. The van der Waals surface area contributed by atoms with Gasteiger partial charge in [-0.2, -0.15) is 5.26 Å². The molecule has 0 radical (unpaired) electrons. The molecule has 2 rings (SSSR count). The van der Waals surface area contributed by atoms with Crippen molar-refractivity contribution in [1.29, 1.82) is 5.26 Å². The van der Waals surface area contributed by atoms with E-state index >= 15 is 0 Å². The summed E-state index contributed by atoms with van der Waals surface area (Å²) in [7, 11) is 0. The minimum absolute atomic E-state index is 0.0131. The van der Waals surface area contributed by atoms with E-state index in [9.17, 15) is 14.9 Å². The summed E-state index contributed by atoms with van der Waals surface area (Å²) in [5.74, 6) is -0.526. The van der Waals surface area contributed by atoms with Gasteiger partial charge in [0.2, 0.25) is 5.91 Å². The lowest BCUT2D eigenvalue weighted by Gasteiger charge is -2.31. The highest BCUT2D eigenvalue weighted by Gasteiger charge is 2.46. The summed E-state index contributed by atoms with van der Waals surface area (Å²) in [5, 5.41) is 9.61. The van der Waals surface area contributed by atoms with E-state index in [2.05, 4.69) is 6.07 Å². The summed E-state index contributed by atoms with van der Waals surface area (Å²) >= 11 is 0. The molecule has 116 valence electrons. The van der Waals surface area contributed by atoms with Gasteiger partial charge in [-0.05, 0) is 32.6 Å². The molecule has 0 saturated heterocycles. The zero-order valence-corrected chi connectivity index (χ0v) is 12.8. The first-order valence-electron chi connectivity index (χ1n) is 8.01. The van der Waals surface area contributed by atoms with E-state index in [4.69, 9.17) is 4.74 Å². The van der Waals surface area contributed by atoms with Gasteiger partial charge in [0.05, 0.1) is 12.7 Å². The van der Waals surface area contributed by atoms with Crippen molar-refractivity contribution in [3.05, 3.63) is 0 Å². The quantitative estimate of drug-likeness (QED) is 0.576. The molecule has 2 fully saturated rings. The summed E-state index contributed by atoms with van der Waals surface area (Å²) in [6.45, 7) is 2.05. The number of carbonyl (C=O) groups is 2. The maximum absolute atomic E-state index is 12.9. The Hall–Kier alpha value is -1.57. The van der Waals surface area contributed by atoms with Gasteiger partial charge in [0.1, 0.15) is 12.0 Å². The van der Waals surface area contributed by atoms with E-state index in [-0.39, 0.29) is 24.5 Å². The predicted molar refractivity (Wildman–Crippen MR) is 77.1 cm³/mol. The van der Waals surface area contributed by atoms with Gasteiger partial charge in [0.15, 0.2) is 0 Å². The number of carbonyl (C=O) groups excluding carboxylic acids is 2. The summed E-state index contributed by atoms with van der Waals surface area (Å²) in [4.78, 5) is 26.3. The largest absolute Gasteiger partial charge is 0.465 e. The first-order chi connectivity index (χ1) is 10.1. The Morgan fingerprint density at radius 2 is 1.86 bits per heavy atom. The molecule has 5 nitrogen and oxygen atoms in total. The highest BCUT2D eigenvalue weighted by atomic mass is 16.5. The molecule has 0 bridgehead atoms. The number of ether oxygens (including phenoxy) is 1. The van der Waals surface area contributed by atoms with Crippen LogP contribution in [0.25, 0.3) is 0 Å². The van der Waals surface area contributed by atoms with Crippen LogP contribution < -0.4 is 0 Å². The van der Waals surface area contributed by atoms with E-state index in [0.29, 0.717) is 19.4 Å². The number of amides is 1. The normalized spacial score (nSPS) is 21.0. The molecule has 0 N–H and O–H groups in total. The molecule has 2 aliphatic carbocycles. The fourth-order valence-electron chi connectivity index (χ4n) is 3.08. The van der Waals surface area contributed by atoms with Gasteiger partial charge in [-0.25, -0.2) is 0 Å². The maximum atomic E-state index is 12.9. The third-order valence-electron chi connectivity index (χ3n) is 4.43. The van der Waals surface area contributed by atoms with Crippen LogP contribution in [0.15, 0.2) is 0 Å². The van der Waals surface area contributed by atoms with Gasteiger partial charge in [0.25, 0.3) is 0 Å². The highest BCUT2D eigenvalue weighted by Crippen LogP contribution is 2.39. The van der Waals surface area contributed by atoms with Crippen molar-refractivity contribution >= 4 is 11.9 Å². The zero-order chi connectivity index (χ0) is 15.3. The van der Waals surface area contributed by atoms with Crippen LogP contribution in [0.5, 0.6) is 0 Å². The molecular formula is C16H24N2O3. The molecule has 0 atom stereocenters. The lowest BCUT2D eigenvalue weighted by Crippen LogP contribution is -2.47. The van der Waals surface area contributed by atoms with Crippen LogP contribution in [0.4, 0.5) is 0 Å². The smallest absolute Gasteiger partial charge is 0.325 e. The van der Waals surface area contributed by atoms with Gasteiger partial charge >= 0.3 is 5.97 Å². The molecule has 0 aromatic rings. The fourth-order valence-corrected chi connectivity index (χ4v) is 3.08. The Kier molecular flexibility index (Phi) is 5.22. The molecule has 2 aliphatic rings. The van der Waals surface area contributed by atoms with Gasteiger partial charge in [0, 0.05) is 6.04 Å². The number of rotatable bonds is 5. The van der Waals surface area contributed by atoms with Crippen molar-refractivity contribution in [2.24, 2.45) is 5.41 Å². The number of esters is 1. The van der Waals surface area contributed by atoms with E-state index < -0.39 is 5.41 Å². The Bertz CT molecular complexity index is 429. The average molecular weight is 292 g/mol. The van der Waals surface area contributed by atoms with Gasteiger partial charge < -0.3 is 9.64 Å². The third-order valence-corrected chi connectivity index (χ3v) is 4.43. The molecule has 21 heavy (non-hydrogen) atoms. The van der Waals surface area contributed by atoms with E-state index in [0.717, 1.165) is 38.5 Å². The van der Waals surface area contributed by atoms with Gasteiger partial charge in [-0.1, -0.05) is 25.7 Å². The second-order valence-electron chi connectivity index (χ2n) is 6.08. The molecule has 0 spiro atoms. The molecule has 1 amide bonds. The molecule has 2 saturated carbocycles. The summed E-state index contributed by atoms with van der Waals surface area (Å²) in [6.07, 6.45) is 7.08. The predicted octanol–water partition coefficient (Wildman–Crippen LogP) is 2.40. The molecule has 0 aromatic heterocycles. The van der Waals surface area contributed by atoms with Crippen molar-refractivity contribution in [3.8, 4) is 6.07 Å². The SMILES string of the molecule is CCOC(=O)CN(C(=O)C1(C#N)CCCCCC1)C1CC1. The fraction of sp³-hybridized carbons (Fsp3) is 0.812. The summed E-state index contributed by atoms with van der Waals surface area (Å²) in [5.41, 5.74) is -0.925. The average Bonchev–Trinajstić information content (AvgIpc) is 3.31. The Balaban J connectivity index is 2.12. The Morgan fingerprint density at radius 1 is 1.24 bits per heavy atom. The second-order valence-corrected chi connectivity index (χ2v) is 6.08.